The lowest BCUT2D eigenvalue weighted by Gasteiger charge is -2.14. The van der Waals surface area contributed by atoms with Crippen molar-refractivity contribution in [1.82, 2.24) is 5.32 Å². The van der Waals surface area contributed by atoms with Crippen LogP contribution in [0.15, 0.2) is 24.3 Å². The molecular weight excluding hydrogens is 236 g/mol. The molecule has 1 atom stereocenters. The predicted molar refractivity (Wildman–Crippen MR) is 67.6 cm³/mol. The number of hydrogen-bond donors (Lipinski definition) is 2. The van der Waals surface area contributed by atoms with Gasteiger partial charge in [0.25, 0.3) is 0 Å². The van der Waals surface area contributed by atoms with Crippen LogP contribution in [0.3, 0.4) is 0 Å². The lowest BCUT2D eigenvalue weighted by atomic mass is 10.2. The SMILES string of the molecule is CCCNC(C)C(=O)Nc1ccccc1C.[Cl-]. The third-order valence-electron chi connectivity index (χ3n) is 2.50. The van der Waals surface area contributed by atoms with Gasteiger partial charge >= 0.3 is 0 Å². The summed E-state index contributed by atoms with van der Waals surface area (Å²) in [5.41, 5.74) is 1.97. The molecular formula is C13H20ClN2O-. The van der Waals surface area contributed by atoms with Gasteiger partial charge in [-0.05, 0) is 38.4 Å². The number of carbonyl (C=O) groups is 1. The molecule has 17 heavy (non-hydrogen) atoms. The van der Waals surface area contributed by atoms with Gasteiger partial charge in [-0.1, -0.05) is 25.1 Å². The first-order chi connectivity index (χ1) is 7.65. The molecule has 3 nitrogen and oxygen atoms in total. The number of nitrogens with one attached hydrogen (secondary N) is 2. The molecule has 0 bridgehead atoms. The Morgan fingerprint density at radius 1 is 1.35 bits per heavy atom. The summed E-state index contributed by atoms with van der Waals surface area (Å²) in [6.45, 7) is 6.81. The molecule has 1 aromatic rings. The number of hydrogen-bond acceptors (Lipinski definition) is 2. The highest BCUT2D eigenvalue weighted by Crippen LogP contribution is 2.13. The van der Waals surface area contributed by atoms with E-state index in [4.69, 9.17) is 0 Å². The Kier molecular flexibility index (Phi) is 7.59. The van der Waals surface area contributed by atoms with Crippen molar-refractivity contribution in [2.45, 2.75) is 33.2 Å². The van der Waals surface area contributed by atoms with Gasteiger partial charge in [0.2, 0.25) is 5.91 Å². The Labute approximate surface area is 109 Å². The number of rotatable bonds is 5. The molecule has 4 heteroatoms. The Bertz CT molecular complexity index is 355. The van der Waals surface area contributed by atoms with E-state index in [2.05, 4.69) is 17.6 Å². The molecule has 1 unspecified atom stereocenters. The zero-order valence-electron chi connectivity index (χ0n) is 10.6. The Morgan fingerprint density at radius 2 is 2.00 bits per heavy atom. The first-order valence-corrected chi connectivity index (χ1v) is 5.75. The normalized spacial score (nSPS) is 11.5. The van der Waals surface area contributed by atoms with Gasteiger partial charge in [0, 0.05) is 5.69 Å². The molecule has 0 heterocycles. The van der Waals surface area contributed by atoms with Crippen LogP contribution in [-0.4, -0.2) is 18.5 Å². The number of benzene rings is 1. The highest BCUT2D eigenvalue weighted by molar-refractivity contribution is 5.95. The number of halogens is 1. The standard InChI is InChI=1S/C13H20N2O.ClH/c1-4-9-14-11(3)13(16)15-12-8-6-5-7-10(12)2;/h5-8,11,14H,4,9H2,1-3H3,(H,15,16);1H/p-1. The second-order valence-corrected chi connectivity index (χ2v) is 3.98. The smallest absolute Gasteiger partial charge is 0.241 e. The molecule has 1 aromatic carbocycles. The maximum absolute atomic E-state index is 11.8. The van der Waals surface area contributed by atoms with Gasteiger partial charge in [-0.2, -0.15) is 0 Å². The van der Waals surface area contributed by atoms with E-state index >= 15 is 0 Å². The molecule has 2 N–H and O–H groups in total. The van der Waals surface area contributed by atoms with Crippen molar-refractivity contribution in [2.24, 2.45) is 0 Å². The van der Waals surface area contributed by atoms with E-state index in [1.165, 1.54) is 0 Å². The minimum absolute atomic E-state index is 0. The maximum Gasteiger partial charge on any atom is 0.241 e. The van der Waals surface area contributed by atoms with E-state index in [-0.39, 0.29) is 24.4 Å². The van der Waals surface area contributed by atoms with E-state index in [1.807, 2.05) is 38.1 Å². The molecule has 0 spiro atoms. The fourth-order valence-corrected chi connectivity index (χ4v) is 1.41. The topological polar surface area (TPSA) is 41.1 Å². The average molecular weight is 256 g/mol. The zero-order valence-corrected chi connectivity index (χ0v) is 11.3. The quantitative estimate of drug-likeness (QED) is 0.733. The van der Waals surface area contributed by atoms with Crippen LogP contribution in [-0.2, 0) is 4.79 Å². The number of carbonyl (C=O) groups excluding carboxylic acids is 1. The summed E-state index contributed by atoms with van der Waals surface area (Å²) in [5.74, 6) is 0.0164. The molecule has 1 rings (SSSR count). The molecule has 0 aliphatic carbocycles. The number of amides is 1. The average Bonchev–Trinajstić information content (AvgIpc) is 2.28. The Morgan fingerprint density at radius 3 is 2.59 bits per heavy atom. The summed E-state index contributed by atoms with van der Waals surface area (Å²) in [5, 5.41) is 6.08. The third-order valence-corrected chi connectivity index (χ3v) is 2.50. The highest BCUT2D eigenvalue weighted by Gasteiger charge is 2.11. The number of para-hydroxylation sites is 1. The molecule has 0 aliphatic rings. The maximum atomic E-state index is 11.8. The molecule has 0 fully saturated rings. The molecule has 0 aromatic heterocycles. The van der Waals surface area contributed by atoms with Crippen molar-refractivity contribution in [3.8, 4) is 0 Å². The van der Waals surface area contributed by atoms with Gasteiger partial charge in [0.15, 0.2) is 0 Å². The van der Waals surface area contributed by atoms with Crippen molar-refractivity contribution in [3.63, 3.8) is 0 Å². The molecule has 0 aliphatic heterocycles. The van der Waals surface area contributed by atoms with Crippen molar-refractivity contribution in [1.29, 1.82) is 0 Å². The second-order valence-electron chi connectivity index (χ2n) is 3.98. The summed E-state index contributed by atoms with van der Waals surface area (Å²) >= 11 is 0. The molecule has 0 saturated heterocycles. The summed E-state index contributed by atoms with van der Waals surface area (Å²) in [6.07, 6.45) is 1.03. The zero-order chi connectivity index (χ0) is 12.0. The summed E-state index contributed by atoms with van der Waals surface area (Å²) in [6, 6.07) is 7.63. The van der Waals surface area contributed by atoms with E-state index < -0.39 is 0 Å². The van der Waals surface area contributed by atoms with E-state index in [9.17, 15) is 4.79 Å². The lowest BCUT2D eigenvalue weighted by Crippen LogP contribution is -3.00. The van der Waals surface area contributed by atoms with E-state index in [0.29, 0.717) is 0 Å². The van der Waals surface area contributed by atoms with Crippen LogP contribution < -0.4 is 23.0 Å². The fraction of sp³-hybridized carbons (Fsp3) is 0.462. The van der Waals surface area contributed by atoms with Crippen molar-refractivity contribution in [3.05, 3.63) is 29.8 Å². The molecule has 1 amide bonds. The van der Waals surface area contributed by atoms with E-state index in [1.54, 1.807) is 0 Å². The van der Waals surface area contributed by atoms with Gasteiger partial charge in [-0.3, -0.25) is 4.79 Å². The second kappa shape index (κ2) is 8.09. The molecule has 96 valence electrons. The molecule has 0 saturated carbocycles. The fourth-order valence-electron chi connectivity index (χ4n) is 1.41. The monoisotopic (exact) mass is 255 g/mol. The first-order valence-electron chi connectivity index (χ1n) is 5.75. The van der Waals surface area contributed by atoms with Crippen LogP contribution in [0.2, 0.25) is 0 Å². The number of aryl methyl sites for hydroxylation is 1. The minimum Gasteiger partial charge on any atom is -1.00 e. The summed E-state index contributed by atoms with van der Waals surface area (Å²) in [4.78, 5) is 11.8. The minimum atomic E-state index is -0.153. The van der Waals surface area contributed by atoms with Gasteiger partial charge in [-0.25, -0.2) is 0 Å². The summed E-state index contributed by atoms with van der Waals surface area (Å²) in [7, 11) is 0. The van der Waals surface area contributed by atoms with E-state index in [0.717, 1.165) is 24.2 Å². The largest absolute Gasteiger partial charge is 1.00 e. The van der Waals surface area contributed by atoms with Crippen LogP contribution in [0.1, 0.15) is 25.8 Å². The van der Waals surface area contributed by atoms with Crippen molar-refractivity contribution >= 4 is 11.6 Å². The van der Waals surface area contributed by atoms with Crippen LogP contribution in [0, 0.1) is 6.92 Å². The van der Waals surface area contributed by atoms with Crippen LogP contribution >= 0.6 is 0 Å². The summed E-state index contributed by atoms with van der Waals surface area (Å²) < 4.78 is 0. The Hall–Kier alpha value is -1.06. The highest BCUT2D eigenvalue weighted by atomic mass is 35.5. The Balaban J connectivity index is 0.00000256. The number of anilines is 1. The van der Waals surface area contributed by atoms with Gasteiger partial charge in [-0.15, -0.1) is 0 Å². The van der Waals surface area contributed by atoms with Gasteiger partial charge < -0.3 is 23.0 Å². The molecule has 0 radical (unpaired) electrons. The van der Waals surface area contributed by atoms with Crippen molar-refractivity contribution in [2.75, 3.05) is 11.9 Å². The van der Waals surface area contributed by atoms with Gasteiger partial charge in [0.1, 0.15) is 0 Å². The van der Waals surface area contributed by atoms with Crippen LogP contribution in [0.25, 0.3) is 0 Å². The first kappa shape index (κ1) is 15.9. The van der Waals surface area contributed by atoms with Gasteiger partial charge in [0.05, 0.1) is 6.04 Å². The van der Waals surface area contributed by atoms with Crippen LogP contribution in [0.4, 0.5) is 5.69 Å². The lowest BCUT2D eigenvalue weighted by molar-refractivity contribution is -0.117. The third kappa shape index (κ3) is 5.20. The van der Waals surface area contributed by atoms with Crippen molar-refractivity contribution < 1.29 is 17.2 Å². The van der Waals surface area contributed by atoms with Crippen LogP contribution in [0.5, 0.6) is 0 Å². The predicted octanol–water partition coefficient (Wildman–Crippen LogP) is -0.674.